The molecule has 0 spiro atoms. The smallest absolute Gasteiger partial charge is 0.164 e. The zero-order chi connectivity index (χ0) is 37.0. The van der Waals surface area contributed by atoms with Gasteiger partial charge in [0, 0.05) is 49.6 Å². The lowest BCUT2D eigenvalue weighted by Gasteiger charge is -2.12. The van der Waals surface area contributed by atoms with Crippen molar-refractivity contribution in [3.05, 3.63) is 200 Å². The van der Waals surface area contributed by atoms with Crippen molar-refractivity contribution in [1.82, 2.24) is 24.1 Å². The van der Waals surface area contributed by atoms with Gasteiger partial charge in [-0.2, -0.15) is 0 Å². The molecular weight excluding hydrogens is 683 g/mol. The minimum atomic E-state index is 0.641. The highest BCUT2D eigenvalue weighted by atomic mass is 15.0. The standard InChI is InChI=1S/C51H33N5/c1-4-15-35(16-5-1)49-52-50(36-17-6-2-7-18-36)54-51(53-49)37-29-27-34(28-30-37)38-19-14-22-40(31-38)56-46-26-13-11-24-42(46)44-32-43-41-23-10-12-25-45(41)55(47(43)33-48(44)56)39-20-8-3-9-21-39/h1-33H. The van der Waals surface area contributed by atoms with E-state index in [0.717, 1.165) is 39.2 Å². The summed E-state index contributed by atoms with van der Waals surface area (Å²) in [4.78, 5) is 14.7. The molecule has 262 valence electrons. The topological polar surface area (TPSA) is 48.5 Å². The number of benzene rings is 8. The maximum atomic E-state index is 4.94. The predicted octanol–water partition coefficient (Wildman–Crippen LogP) is 12.7. The Morgan fingerprint density at radius 2 is 0.661 bits per heavy atom. The van der Waals surface area contributed by atoms with Gasteiger partial charge < -0.3 is 9.13 Å². The van der Waals surface area contributed by atoms with Gasteiger partial charge in [0.15, 0.2) is 17.5 Å². The van der Waals surface area contributed by atoms with Gasteiger partial charge in [-0.05, 0) is 59.7 Å². The maximum absolute atomic E-state index is 4.94. The van der Waals surface area contributed by atoms with E-state index in [4.69, 9.17) is 15.0 Å². The largest absolute Gasteiger partial charge is 0.309 e. The fourth-order valence-electron chi connectivity index (χ4n) is 8.14. The maximum Gasteiger partial charge on any atom is 0.164 e. The lowest BCUT2D eigenvalue weighted by molar-refractivity contribution is 1.07. The highest BCUT2D eigenvalue weighted by Gasteiger charge is 2.19. The number of fused-ring (bicyclic) bond motifs is 6. The van der Waals surface area contributed by atoms with Gasteiger partial charge in [0.2, 0.25) is 0 Å². The molecule has 0 N–H and O–H groups in total. The number of rotatable bonds is 6. The molecule has 3 aromatic heterocycles. The third-order valence-corrected chi connectivity index (χ3v) is 10.8. The van der Waals surface area contributed by atoms with Gasteiger partial charge in [0.05, 0.1) is 22.1 Å². The van der Waals surface area contributed by atoms with Crippen molar-refractivity contribution in [2.45, 2.75) is 0 Å². The van der Waals surface area contributed by atoms with E-state index in [1.807, 2.05) is 60.7 Å². The molecule has 0 bridgehead atoms. The number of aromatic nitrogens is 5. The van der Waals surface area contributed by atoms with E-state index in [2.05, 4.69) is 149 Å². The van der Waals surface area contributed by atoms with Crippen LogP contribution in [-0.4, -0.2) is 24.1 Å². The Bertz CT molecular complexity index is 3160. The van der Waals surface area contributed by atoms with Crippen LogP contribution in [0.1, 0.15) is 0 Å². The van der Waals surface area contributed by atoms with Gasteiger partial charge in [0.25, 0.3) is 0 Å². The van der Waals surface area contributed by atoms with Crippen molar-refractivity contribution >= 4 is 43.6 Å². The second-order valence-corrected chi connectivity index (χ2v) is 14.1. The second-order valence-electron chi connectivity index (χ2n) is 14.1. The van der Waals surface area contributed by atoms with Gasteiger partial charge in [-0.15, -0.1) is 0 Å². The molecular formula is C51H33N5. The van der Waals surface area contributed by atoms with Gasteiger partial charge in [0.1, 0.15) is 0 Å². The molecule has 11 aromatic rings. The Hall–Kier alpha value is -7.63. The Morgan fingerprint density at radius 3 is 1.21 bits per heavy atom. The molecule has 56 heavy (non-hydrogen) atoms. The van der Waals surface area contributed by atoms with E-state index < -0.39 is 0 Å². The first kappa shape index (κ1) is 31.9. The first-order valence-corrected chi connectivity index (χ1v) is 18.9. The van der Waals surface area contributed by atoms with Crippen molar-refractivity contribution in [1.29, 1.82) is 0 Å². The lowest BCUT2D eigenvalue weighted by Crippen LogP contribution is -2.00. The first-order chi connectivity index (χ1) is 27.8. The van der Waals surface area contributed by atoms with Crippen LogP contribution in [0.2, 0.25) is 0 Å². The van der Waals surface area contributed by atoms with Gasteiger partial charge >= 0.3 is 0 Å². The quantitative estimate of drug-likeness (QED) is 0.172. The number of para-hydroxylation sites is 3. The SMILES string of the molecule is c1ccc(-c2nc(-c3ccccc3)nc(-c3ccc(-c4cccc(-n5c6ccccc6c6cc7c8ccccc8n(-c8ccccc8)c7cc65)c4)cc3)n2)cc1. The Balaban J connectivity index is 1.03. The Kier molecular flexibility index (Phi) is 7.42. The molecule has 0 fully saturated rings. The summed E-state index contributed by atoms with van der Waals surface area (Å²) in [5.74, 6) is 1.94. The average Bonchev–Trinajstić information content (AvgIpc) is 3.78. The van der Waals surface area contributed by atoms with Crippen LogP contribution in [0, 0.1) is 0 Å². The molecule has 0 aliphatic carbocycles. The van der Waals surface area contributed by atoms with Crippen LogP contribution in [0.15, 0.2) is 200 Å². The van der Waals surface area contributed by atoms with Crippen molar-refractivity contribution in [2.24, 2.45) is 0 Å². The van der Waals surface area contributed by atoms with Crippen LogP contribution in [0.25, 0.3) is 100 Å². The van der Waals surface area contributed by atoms with Gasteiger partial charge in [-0.1, -0.05) is 152 Å². The summed E-state index contributed by atoms with van der Waals surface area (Å²) in [6.45, 7) is 0. The summed E-state index contributed by atoms with van der Waals surface area (Å²) in [6, 6.07) is 70.5. The molecule has 0 atom stereocenters. The summed E-state index contributed by atoms with van der Waals surface area (Å²) in [7, 11) is 0. The molecule has 8 aromatic carbocycles. The minimum absolute atomic E-state index is 0.641. The summed E-state index contributed by atoms with van der Waals surface area (Å²) < 4.78 is 4.80. The molecule has 0 amide bonds. The van der Waals surface area contributed by atoms with Crippen molar-refractivity contribution in [2.75, 3.05) is 0 Å². The zero-order valence-corrected chi connectivity index (χ0v) is 30.3. The number of hydrogen-bond acceptors (Lipinski definition) is 3. The van der Waals surface area contributed by atoms with Crippen molar-refractivity contribution in [3.8, 4) is 56.7 Å². The highest BCUT2D eigenvalue weighted by molar-refractivity contribution is 6.19. The minimum Gasteiger partial charge on any atom is -0.309 e. The molecule has 5 heteroatoms. The third-order valence-electron chi connectivity index (χ3n) is 10.8. The van der Waals surface area contributed by atoms with E-state index >= 15 is 0 Å². The normalized spacial score (nSPS) is 11.6. The lowest BCUT2D eigenvalue weighted by atomic mass is 10.0. The van der Waals surface area contributed by atoms with E-state index in [0.29, 0.717) is 17.5 Å². The van der Waals surface area contributed by atoms with E-state index in [1.54, 1.807) is 0 Å². The van der Waals surface area contributed by atoms with E-state index in [9.17, 15) is 0 Å². The van der Waals surface area contributed by atoms with Gasteiger partial charge in [-0.25, -0.2) is 15.0 Å². The molecule has 11 rings (SSSR count). The van der Waals surface area contributed by atoms with Crippen LogP contribution in [0.4, 0.5) is 0 Å². The van der Waals surface area contributed by atoms with Crippen LogP contribution in [-0.2, 0) is 0 Å². The molecule has 0 saturated carbocycles. The average molecular weight is 716 g/mol. The van der Waals surface area contributed by atoms with Crippen LogP contribution >= 0.6 is 0 Å². The van der Waals surface area contributed by atoms with E-state index in [-0.39, 0.29) is 0 Å². The third kappa shape index (κ3) is 5.29. The molecule has 0 aliphatic heterocycles. The zero-order valence-electron chi connectivity index (χ0n) is 30.3. The molecule has 5 nitrogen and oxygen atoms in total. The summed E-state index contributed by atoms with van der Waals surface area (Å²) in [5.41, 5.74) is 12.1. The van der Waals surface area contributed by atoms with Crippen molar-refractivity contribution < 1.29 is 0 Å². The Labute approximate surface area is 323 Å². The summed E-state index contributed by atoms with van der Waals surface area (Å²) in [5, 5.41) is 4.97. The monoisotopic (exact) mass is 715 g/mol. The van der Waals surface area contributed by atoms with Crippen LogP contribution in [0.3, 0.4) is 0 Å². The van der Waals surface area contributed by atoms with Crippen molar-refractivity contribution in [3.63, 3.8) is 0 Å². The fourth-order valence-corrected chi connectivity index (χ4v) is 8.14. The summed E-state index contributed by atoms with van der Waals surface area (Å²) >= 11 is 0. The van der Waals surface area contributed by atoms with Gasteiger partial charge in [-0.3, -0.25) is 0 Å². The molecule has 0 unspecified atom stereocenters. The molecule has 0 saturated heterocycles. The summed E-state index contributed by atoms with van der Waals surface area (Å²) in [6.07, 6.45) is 0. The number of nitrogens with zero attached hydrogens (tertiary/aromatic N) is 5. The fraction of sp³-hybridized carbons (Fsp3) is 0. The van der Waals surface area contributed by atoms with E-state index in [1.165, 1.54) is 43.6 Å². The number of hydrogen-bond donors (Lipinski definition) is 0. The molecule has 0 radical (unpaired) electrons. The predicted molar refractivity (Wildman–Crippen MR) is 230 cm³/mol. The first-order valence-electron chi connectivity index (χ1n) is 18.9. The second kappa shape index (κ2) is 13.0. The van der Waals surface area contributed by atoms with Crippen LogP contribution < -0.4 is 0 Å². The molecule has 0 aliphatic rings. The highest BCUT2D eigenvalue weighted by Crippen LogP contribution is 2.40. The Morgan fingerprint density at radius 1 is 0.250 bits per heavy atom. The van der Waals surface area contributed by atoms with Crippen LogP contribution in [0.5, 0.6) is 0 Å². The molecule has 3 heterocycles.